The zero-order valence-electron chi connectivity index (χ0n) is 11.7. The van der Waals surface area contributed by atoms with Crippen LogP contribution in [-0.2, 0) is 0 Å². The first-order valence-electron chi connectivity index (χ1n) is 6.31. The number of hydrogen-bond acceptors (Lipinski definition) is 3. The molecule has 0 fully saturated rings. The number of phenolic OH excluding ortho intramolecular Hbond substituents is 1. The van der Waals surface area contributed by atoms with E-state index < -0.39 is 5.97 Å². The van der Waals surface area contributed by atoms with Gasteiger partial charge in [-0.05, 0) is 48.9 Å². The molecule has 0 atom stereocenters. The Morgan fingerprint density at radius 3 is 2.10 bits per heavy atom. The fourth-order valence-electron chi connectivity index (χ4n) is 1.88. The number of aromatic hydroxyl groups is 1. The van der Waals surface area contributed by atoms with E-state index >= 15 is 0 Å². The maximum atomic E-state index is 12.3. The minimum atomic E-state index is -1.01. The van der Waals surface area contributed by atoms with Gasteiger partial charge in [-0.1, -0.05) is 6.07 Å². The molecule has 0 saturated heterocycles. The van der Waals surface area contributed by atoms with E-state index in [0.717, 1.165) is 0 Å². The Morgan fingerprint density at radius 2 is 1.57 bits per heavy atom. The number of carbonyl (C=O) groups is 2. The third-order valence-corrected chi connectivity index (χ3v) is 3.26. The van der Waals surface area contributed by atoms with Crippen LogP contribution in [0.3, 0.4) is 0 Å². The minimum absolute atomic E-state index is 0.0653. The van der Waals surface area contributed by atoms with Gasteiger partial charge in [-0.2, -0.15) is 0 Å². The highest BCUT2D eigenvalue weighted by Crippen LogP contribution is 2.21. The van der Waals surface area contributed by atoms with Gasteiger partial charge in [0.25, 0.3) is 5.91 Å². The number of nitrogens with zero attached hydrogens (tertiary/aromatic N) is 1. The summed E-state index contributed by atoms with van der Waals surface area (Å²) in [7, 11) is 1.59. The number of hydrogen-bond donors (Lipinski definition) is 2. The van der Waals surface area contributed by atoms with Crippen LogP contribution >= 0.6 is 0 Å². The Bertz CT molecular complexity index is 692. The Labute approximate surface area is 122 Å². The first-order chi connectivity index (χ1) is 9.90. The smallest absolute Gasteiger partial charge is 0.335 e. The van der Waals surface area contributed by atoms with E-state index in [9.17, 15) is 14.7 Å². The summed E-state index contributed by atoms with van der Waals surface area (Å²) in [6.45, 7) is 1.75. The second-order valence-electron chi connectivity index (χ2n) is 4.72. The molecule has 2 N–H and O–H groups in total. The van der Waals surface area contributed by atoms with Gasteiger partial charge in [0.15, 0.2) is 0 Å². The zero-order chi connectivity index (χ0) is 15.6. The van der Waals surface area contributed by atoms with Gasteiger partial charge in [-0.3, -0.25) is 4.79 Å². The summed E-state index contributed by atoms with van der Waals surface area (Å²) in [5.74, 6) is -1.23. The number of phenols is 1. The molecule has 0 saturated carbocycles. The van der Waals surface area contributed by atoms with Crippen molar-refractivity contribution in [2.24, 2.45) is 0 Å². The molecule has 0 bridgehead atoms. The van der Waals surface area contributed by atoms with Crippen LogP contribution in [0.2, 0.25) is 0 Å². The van der Waals surface area contributed by atoms with Crippen molar-refractivity contribution in [3.8, 4) is 5.75 Å². The number of amides is 1. The number of benzene rings is 2. The van der Waals surface area contributed by atoms with Gasteiger partial charge in [-0.15, -0.1) is 0 Å². The van der Waals surface area contributed by atoms with Crippen molar-refractivity contribution >= 4 is 17.6 Å². The highest BCUT2D eigenvalue weighted by Gasteiger charge is 2.15. The lowest BCUT2D eigenvalue weighted by Gasteiger charge is -2.18. The predicted molar refractivity (Wildman–Crippen MR) is 79.0 cm³/mol. The van der Waals surface area contributed by atoms with Crippen LogP contribution < -0.4 is 4.90 Å². The average molecular weight is 285 g/mol. The van der Waals surface area contributed by atoms with Gasteiger partial charge in [-0.25, -0.2) is 4.79 Å². The summed E-state index contributed by atoms with van der Waals surface area (Å²) in [6.07, 6.45) is 0. The maximum absolute atomic E-state index is 12.3. The lowest BCUT2D eigenvalue weighted by atomic mass is 10.1. The van der Waals surface area contributed by atoms with Crippen LogP contribution in [0, 0.1) is 6.92 Å². The summed E-state index contributed by atoms with van der Waals surface area (Å²) < 4.78 is 0. The Balaban J connectivity index is 2.25. The lowest BCUT2D eigenvalue weighted by Crippen LogP contribution is -2.26. The molecular weight excluding hydrogens is 270 g/mol. The molecule has 5 nitrogen and oxygen atoms in total. The molecule has 1 amide bonds. The number of carboxylic acids is 1. The average Bonchev–Trinajstić information content (AvgIpc) is 2.48. The van der Waals surface area contributed by atoms with E-state index in [4.69, 9.17) is 5.11 Å². The van der Waals surface area contributed by atoms with Gasteiger partial charge in [0, 0.05) is 18.3 Å². The fourth-order valence-corrected chi connectivity index (χ4v) is 1.88. The topological polar surface area (TPSA) is 77.8 Å². The largest absolute Gasteiger partial charge is 0.508 e. The minimum Gasteiger partial charge on any atom is -0.508 e. The lowest BCUT2D eigenvalue weighted by molar-refractivity contribution is 0.0696. The third kappa shape index (κ3) is 3.02. The van der Waals surface area contributed by atoms with Crippen LogP contribution in [0.5, 0.6) is 5.75 Å². The monoisotopic (exact) mass is 285 g/mol. The fraction of sp³-hybridized carbons (Fsp3) is 0.125. The van der Waals surface area contributed by atoms with Crippen molar-refractivity contribution in [1.82, 2.24) is 0 Å². The van der Waals surface area contributed by atoms with E-state index in [-0.39, 0.29) is 17.2 Å². The van der Waals surface area contributed by atoms with Crippen molar-refractivity contribution in [2.75, 3.05) is 11.9 Å². The molecule has 0 unspecified atom stereocenters. The van der Waals surface area contributed by atoms with E-state index in [2.05, 4.69) is 0 Å². The van der Waals surface area contributed by atoms with Crippen LogP contribution in [0.25, 0.3) is 0 Å². The quantitative estimate of drug-likeness (QED) is 0.908. The van der Waals surface area contributed by atoms with Crippen LogP contribution in [-0.4, -0.2) is 29.1 Å². The Kier molecular flexibility index (Phi) is 3.93. The van der Waals surface area contributed by atoms with Gasteiger partial charge < -0.3 is 15.1 Å². The molecular formula is C16H15NO4. The molecule has 108 valence electrons. The molecule has 5 heteroatoms. The second-order valence-corrected chi connectivity index (χ2v) is 4.72. The van der Waals surface area contributed by atoms with E-state index in [1.165, 1.54) is 23.1 Å². The number of aryl methyl sites for hydroxylation is 1. The zero-order valence-corrected chi connectivity index (χ0v) is 11.7. The Hall–Kier alpha value is -2.82. The molecule has 0 aliphatic rings. The highest BCUT2D eigenvalue weighted by molar-refractivity contribution is 6.06. The summed E-state index contributed by atoms with van der Waals surface area (Å²) in [5, 5.41) is 18.5. The van der Waals surface area contributed by atoms with Crippen LogP contribution in [0.1, 0.15) is 26.3 Å². The first kappa shape index (κ1) is 14.6. The predicted octanol–water partition coefficient (Wildman–Crippen LogP) is 2.68. The molecule has 0 aliphatic heterocycles. The highest BCUT2D eigenvalue weighted by atomic mass is 16.4. The van der Waals surface area contributed by atoms with Gasteiger partial charge in [0.1, 0.15) is 5.75 Å². The van der Waals surface area contributed by atoms with Gasteiger partial charge >= 0.3 is 5.97 Å². The van der Waals surface area contributed by atoms with Gasteiger partial charge in [0.2, 0.25) is 0 Å². The standard InChI is InChI=1S/C16H15NO4/c1-10-3-4-12(9-14(10)18)15(19)17(2)13-7-5-11(6-8-13)16(20)21/h3-9,18H,1-2H3,(H,20,21). The van der Waals surface area contributed by atoms with Crippen molar-refractivity contribution in [2.45, 2.75) is 6.92 Å². The number of rotatable bonds is 3. The second kappa shape index (κ2) is 5.66. The normalized spacial score (nSPS) is 10.2. The molecule has 0 spiro atoms. The Morgan fingerprint density at radius 1 is 1.00 bits per heavy atom. The molecule has 0 aliphatic carbocycles. The molecule has 0 radical (unpaired) electrons. The van der Waals surface area contributed by atoms with Crippen molar-refractivity contribution in [1.29, 1.82) is 0 Å². The summed E-state index contributed by atoms with van der Waals surface area (Å²) in [4.78, 5) is 24.5. The molecule has 0 heterocycles. The van der Waals surface area contributed by atoms with E-state index in [0.29, 0.717) is 16.8 Å². The van der Waals surface area contributed by atoms with E-state index in [1.54, 1.807) is 38.2 Å². The summed E-state index contributed by atoms with van der Waals surface area (Å²) in [6, 6.07) is 10.7. The molecule has 21 heavy (non-hydrogen) atoms. The number of carboxylic acid groups (broad SMARTS) is 1. The van der Waals surface area contributed by atoms with E-state index in [1.807, 2.05) is 0 Å². The first-order valence-corrected chi connectivity index (χ1v) is 6.31. The number of carbonyl (C=O) groups excluding carboxylic acids is 1. The maximum Gasteiger partial charge on any atom is 0.335 e. The van der Waals surface area contributed by atoms with Crippen molar-refractivity contribution in [3.05, 3.63) is 59.2 Å². The molecule has 2 aromatic rings. The summed E-state index contributed by atoms with van der Waals surface area (Å²) >= 11 is 0. The number of anilines is 1. The molecule has 2 rings (SSSR count). The number of aromatic carboxylic acids is 1. The van der Waals surface area contributed by atoms with Crippen molar-refractivity contribution in [3.63, 3.8) is 0 Å². The third-order valence-electron chi connectivity index (χ3n) is 3.26. The molecule has 0 aromatic heterocycles. The van der Waals surface area contributed by atoms with Gasteiger partial charge in [0.05, 0.1) is 5.56 Å². The SMILES string of the molecule is Cc1ccc(C(=O)N(C)c2ccc(C(=O)O)cc2)cc1O. The van der Waals surface area contributed by atoms with Crippen LogP contribution in [0.4, 0.5) is 5.69 Å². The molecule has 2 aromatic carbocycles. The summed E-state index contributed by atoms with van der Waals surface area (Å²) in [5.41, 5.74) is 1.79. The van der Waals surface area contributed by atoms with Crippen molar-refractivity contribution < 1.29 is 19.8 Å². The van der Waals surface area contributed by atoms with Crippen LogP contribution in [0.15, 0.2) is 42.5 Å².